The van der Waals surface area contributed by atoms with Crippen LogP contribution in [0.2, 0.25) is 0 Å². The van der Waals surface area contributed by atoms with E-state index < -0.39 is 5.97 Å². The van der Waals surface area contributed by atoms with Crippen molar-refractivity contribution < 1.29 is 19.1 Å². The quantitative estimate of drug-likeness (QED) is 0.346. The van der Waals surface area contributed by atoms with Gasteiger partial charge < -0.3 is 25.2 Å². The summed E-state index contributed by atoms with van der Waals surface area (Å²) in [7, 11) is 5.49. The lowest BCUT2D eigenvalue weighted by Crippen LogP contribution is -2.34. The van der Waals surface area contributed by atoms with Crippen molar-refractivity contribution in [1.82, 2.24) is 4.90 Å². The van der Waals surface area contributed by atoms with Gasteiger partial charge in [0.15, 0.2) is 0 Å². The van der Waals surface area contributed by atoms with E-state index in [1.807, 2.05) is 49.3 Å². The Hall–Kier alpha value is -3.65. The highest BCUT2D eigenvalue weighted by Crippen LogP contribution is 2.33. The first-order valence-electron chi connectivity index (χ1n) is 10.9. The first kappa shape index (κ1) is 24.0. The number of amides is 2. The summed E-state index contributed by atoms with van der Waals surface area (Å²) in [5.41, 5.74) is 4.17. The summed E-state index contributed by atoms with van der Waals surface area (Å²) in [4.78, 5) is 39.9. The zero-order valence-electron chi connectivity index (χ0n) is 19.5. The number of carbonyl (C=O) groups excluding carboxylic acids is 3. The van der Waals surface area contributed by atoms with E-state index in [0.29, 0.717) is 42.9 Å². The van der Waals surface area contributed by atoms with Gasteiger partial charge in [0.1, 0.15) is 0 Å². The second kappa shape index (κ2) is 10.8. The molecule has 0 aliphatic carbocycles. The fraction of sp³-hybridized carbons (Fsp3) is 0.320. The van der Waals surface area contributed by atoms with Gasteiger partial charge in [-0.1, -0.05) is 12.1 Å². The van der Waals surface area contributed by atoms with Gasteiger partial charge in [0.05, 0.1) is 18.7 Å². The van der Waals surface area contributed by atoms with Gasteiger partial charge in [-0.15, -0.1) is 0 Å². The highest BCUT2D eigenvalue weighted by atomic mass is 16.5. The minimum Gasteiger partial charge on any atom is -0.462 e. The normalized spacial score (nSPS) is 13.6. The Kier molecular flexibility index (Phi) is 7.84. The van der Waals surface area contributed by atoms with Crippen LogP contribution < -0.4 is 15.5 Å². The smallest absolute Gasteiger partial charge is 0.338 e. The number of carbonyl (C=O) groups is 3. The summed E-state index contributed by atoms with van der Waals surface area (Å²) in [6.07, 6.45) is 2.53. The van der Waals surface area contributed by atoms with Crippen LogP contribution >= 0.6 is 0 Å². The van der Waals surface area contributed by atoms with Gasteiger partial charge in [0.2, 0.25) is 5.91 Å². The molecule has 0 aromatic heterocycles. The van der Waals surface area contributed by atoms with Crippen molar-refractivity contribution in [3.05, 3.63) is 59.7 Å². The van der Waals surface area contributed by atoms with E-state index in [1.54, 1.807) is 37.1 Å². The van der Waals surface area contributed by atoms with E-state index in [1.165, 1.54) is 0 Å². The molecule has 0 radical (unpaired) electrons. The molecule has 2 aromatic carbocycles. The lowest BCUT2D eigenvalue weighted by Gasteiger charge is -2.20. The van der Waals surface area contributed by atoms with E-state index in [2.05, 4.69) is 10.6 Å². The Bertz CT molecular complexity index is 1060. The number of fused-ring (bicyclic) bond motifs is 1. The van der Waals surface area contributed by atoms with Crippen LogP contribution in [0.25, 0.3) is 5.57 Å². The van der Waals surface area contributed by atoms with Crippen molar-refractivity contribution in [2.24, 2.45) is 0 Å². The first-order chi connectivity index (χ1) is 15.8. The highest BCUT2D eigenvalue weighted by Gasteiger charge is 2.25. The number of nitrogens with one attached hydrogen (secondary N) is 2. The number of ether oxygens (including phenoxy) is 1. The van der Waals surface area contributed by atoms with Gasteiger partial charge in [-0.05, 0) is 63.8 Å². The molecule has 8 heteroatoms. The molecule has 3 rings (SSSR count). The van der Waals surface area contributed by atoms with Crippen molar-refractivity contribution in [3.8, 4) is 0 Å². The predicted molar refractivity (Wildman–Crippen MR) is 131 cm³/mol. The third kappa shape index (κ3) is 5.98. The average Bonchev–Trinajstić information content (AvgIpc) is 3.10. The Labute approximate surface area is 194 Å². The molecular formula is C25H30N4O4. The number of anilines is 3. The summed E-state index contributed by atoms with van der Waals surface area (Å²) in [6.45, 7) is 3.05. The standard InChI is InChI=1S/C25H30N4O4/c1-5-33-25(32)17-8-13-20-21(24(31)27-22(20)15-17)7-6-14-26-18-9-11-19(12-10-18)29(4)23(30)16-28(2)3/h7-13,15,26H,5-6,14,16H2,1-4H3,(H,27,31)/b21-7-. The molecule has 1 heterocycles. The van der Waals surface area contributed by atoms with E-state index in [9.17, 15) is 14.4 Å². The number of hydrogen-bond donors (Lipinski definition) is 2. The molecule has 0 saturated heterocycles. The zero-order chi connectivity index (χ0) is 24.0. The van der Waals surface area contributed by atoms with Crippen LogP contribution in [0.5, 0.6) is 0 Å². The summed E-state index contributed by atoms with van der Waals surface area (Å²) in [5.74, 6) is -0.562. The van der Waals surface area contributed by atoms with Gasteiger partial charge >= 0.3 is 5.97 Å². The van der Waals surface area contributed by atoms with Crippen LogP contribution in [0.1, 0.15) is 29.3 Å². The Morgan fingerprint density at radius 1 is 1.09 bits per heavy atom. The number of likely N-dealkylation sites (N-methyl/N-ethyl adjacent to an activating group) is 2. The lowest BCUT2D eigenvalue weighted by atomic mass is 10.0. The van der Waals surface area contributed by atoms with Gasteiger partial charge in [-0.2, -0.15) is 0 Å². The highest BCUT2D eigenvalue weighted by molar-refractivity contribution is 6.31. The molecule has 0 fully saturated rings. The molecule has 0 bridgehead atoms. The molecule has 33 heavy (non-hydrogen) atoms. The Morgan fingerprint density at radius 3 is 2.48 bits per heavy atom. The largest absolute Gasteiger partial charge is 0.462 e. The number of esters is 1. The Balaban J connectivity index is 1.56. The monoisotopic (exact) mass is 450 g/mol. The van der Waals surface area contributed by atoms with Gasteiger partial charge in [0.25, 0.3) is 5.91 Å². The Morgan fingerprint density at radius 2 is 1.82 bits per heavy atom. The van der Waals surface area contributed by atoms with Crippen LogP contribution in [0.4, 0.5) is 17.1 Å². The first-order valence-corrected chi connectivity index (χ1v) is 10.9. The molecule has 0 unspecified atom stereocenters. The summed E-state index contributed by atoms with van der Waals surface area (Å²) < 4.78 is 5.01. The maximum atomic E-state index is 12.4. The van der Waals surface area contributed by atoms with Crippen LogP contribution in [0.3, 0.4) is 0 Å². The molecule has 1 aliphatic heterocycles. The number of nitrogens with zero attached hydrogens (tertiary/aromatic N) is 2. The van der Waals surface area contributed by atoms with Crippen molar-refractivity contribution in [2.45, 2.75) is 13.3 Å². The SMILES string of the molecule is CCOC(=O)c1ccc2c(c1)NC(=O)/C2=C\CCNc1ccc(N(C)C(=O)CN(C)C)cc1. The van der Waals surface area contributed by atoms with Gasteiger partial charge in [-0.3, -0.25) is 9.59 Å². The molecule has 1 aliphatic rings. The summed E-state index contributed by atoms with van der Waals surface area (Å²) in [5, 5.41) is 6.13. The topological polar surface area (TPSA) is 91.0 Å². The van der Waals surface area contributed by atoms with Crippen molar-refractivity contribution in [1.29, 1.82) is 0 Å². The van der Waals surface area contributed by atoms with Gasteiger partial charge in [0, 0.05) is 41.8 Å². The fourth-order valence-corrected chi connectivity index (χ4v) is 3.50. The van der Waals surface area contributed by atoms with Crippen molar-refractivity contribution in [2.75, 3.05) is 56.4 Å². The van der Waals surface area contributed by atoms with Gasteiger partial charge in [-0.25, -0.2) is 4.79 Å². The van der Waals surface area contributed by atoms with E-state index in [4.69, 9.17) is 4.74 Å². The third-order valence-electron chi connectivity index (χ3n) is 5.22. The van der Waals surface area contributed by atoms with Crippen LogP contribution in [-0.4, -0.2) is 63.5 Å². The minimum absolute atomic E-state index is 0.0248. The number of benzene rings is 2. The maximum Gasteiger partial charge on any atom is 0.338 e. The zero-order valence-corrected chi connectivity index (χ0v) is 19.5. The molecule has 2 amide bonds. The molecule has 8 nitrogen and oxygen atoms in total. The van der Waals surface area contributed by atoms with E-state index >= 15 is 0 Å². The van der Waals surface area contributed by atoms with Crippen LogP contribution in [-0.2, 0) is 14.3 Å². The summed E-state index contributed by atoms with van der Waals surface area (Å²) >= 11 is 0. The molecule has 2 N–H and O–H groups in total. The fourth-order valence-electron chi connectivity index (χ4n) is 3.50. The molecule has 0 saturated carbocycles. The van der Waals surface area contributed by atoms with E-state index in [0.717, 1.165) is 16.9 Å². The van der Waals surface area contributed by atoms with Crippen LogP contribution in [0.15, 0.2) is 48.5 Å². The number of rotatable bonds is 9. The molecule has 0 spiro atoms. The maximum absolute atomic E-state index is 12.4. The molecular weight excluding hydrogens is 420 g/mol. The average molecular weight is 451 g/mol. The van der Waals surface area contributed by atoms with Crippen molar-refractivity contribution >= 4 is 40.4 Å². The van der Waals surface area contributed by atoms with Crippen LogP contribution in [0, 0.1) is 0 Å². The molecule has 174 valence electrons. The number of hydrogen-bond acceptors (Lipinski definition) is 6. The van der Waals surface area contributed by atoms with E-state index in [-0.39, 0.29) is 11.8 Å². The predicted octanol–water partition coefficient (Wildman–Crippen LogP) is 3.23. The second-order valence-corrected chi connectivity index (χ2v) is 8.01. The molecule has 2 aromatic rings. The second-order valence-electron chi connectivity index (χ2n) is 8.01. The summed E-state index contributed by atoms with van der Waals surface area (Å²) in [6, 6.07) is 12.7. The minimum atomic E-state index is -0.407. The lowest BCUT2D eigenvalue weighted by molar-refractivity contribution is -0.119. The third-order valence-corrected chi connectivity index (χ3v) is 5.22. The molecule has 0 atom stereocenters. The van der Waals surface area contributed by atoms with Crippen molar-refractivity contribution in [3.63, 3.8) is 0 Å².